The van der Waals surface area contributed by atoms with Crippen molar-refractivity contribution in [3.8, 4) is 22.6 Å². The summed E-state index contributed by atoms with van der Waals surface area (Å²) >= 11 is 0. The van der Waals surface area contributed by atoms with Gasteiger partial charge in [0.15, 0.2) is 0 Å². The molecular weight excluding hydrogens is 669 g/mol. The average molecular weight is 711 g/mol. The number of hydrogen-bond donors (Lipinski definition) is 2. The van der Waals surface area contributed by atoms with Crippen molar-refractivity contribution in [3.05, 3.63) is 261 Å². The molecule has 1 aliphatic rings. The van der Waals surface area contributed by atoms with Crippen LogP contribution < -0.4 is 0 Å². The molecule has 0 aromatic heterocycles. The van der Waals surface area contributed by atoms with Gasteiger partial charge >= 0.3 is 0 Å². The molecule has 9 rings (SSSR count). The minimum absolute atomic E-state index is 0.285. The van der Waals surface area contributed by atoms with Gasteiger partial charge in [0.1, 0.15) is 11.5 Å². The van der Waals surface area contributed by atoms with E-state index in [9.17, 15) is 10.2 Å². The summed E-state index contributed by atoms with van der Waals surface area (Å²) in [5, 5.41) is 22.8. The van der Waals surface area contributed by atoms with E-state index in [-0.39, 0.29) is 11.5 Å². The maximum atomic E-state index is 11.4. The van der Waals surface area contributed by atoms with E-state index in [0.29, 0.717) is 12.8 Å². The Morgan fingerprint density at radius 2 is 0.655 bits per heavy atom. The summed E-state index contributed by atoms with van der Waals surface area (Å²) in [4.78, 5) is 0. The monoisotopic (exact) mass is 710 g/mol. The highest BCUT2D eigenvalue weighted by Crippen LogP contribution is 2.57. The first-order chi connectivity index (χ1) is 27.0. The molecule has 8 aromatic carbocycles. The van der Waals surface area contributed by atoms with E-state index in [4.69, 9.17) is 0 Å². The molecular formula is C53H42O2. The van der Waals surface area contributed by atoms with E-state index in [1.807, 2.05) is 24.3 Å². The lowest BCUT2D eigenvalue weighted by Gasteiger charge is -2.35. The molecule has 0 fully saturated rings. The van der Waals surface area contributed by atoms with E-state index in [1.165, 1.54) is 44.5 Å². The maximum Gasteiger partial charge on any atom is 0.119 e. The Hall–Kier alpha value is -6.64. The highest BCUT2D eigenvalue weighted by Gasteiger charge is 2.47. The van der Waals surface area contributed by atoms with Gasteiger partial charge in [-0.2, -0.15) is 0 Å². The Balaban J connectivity index is 1.31. The summed E-state index contributed by atoms with van der Waals surface area (Å²) in [6.45, 7) is 0. The van der Waals surface area contributed by atoms with Crippen molar-refractivity contribution < 1.29 is 10.2 Å². The molecule has 0 aliphatic heterocycles. The Labute approximate surface area is 323 Å². The molecule has 0 spiro atoms. The van der Waals surface area contributed by atoms with Crippen LogP contribution in [-0.4, -0.2) is 10.2 Å². The van der Waals surface area contributed by atoms with E-state index in [0.717, 1.165) is 46.2 Å². The fourth-order valence-corrected chi connectivity index (χ4v) is 8.64. The molecule has 0 saturated carbocycles. The van der Waals surface area contributed by atoms with Gasteiger partial charge < -0.3 is 10.2 Å². The van der Waals surface area contributed by atoms with Gasteiger partial charge in [0.05, 0.1) is 5.41 Å². The summed E-state index contributed by atoms with van der Waals surface area (Å²) in [6, 6.07) is 68.4. The molecule has 55 heavy (non-hydrogen) atoms. The molecule has 0 atom stereocenters. The number of hydrogen-bond acceptors (Lipinski definition) is 2. The molecule has 0 heterocycles. The molecule has 0 amide bonds. The zero-order valence-electron chi connectivity index (χ0n) is 30.7. The van der Waals surface area contributed by atoms with Gasteiger partial charge in [-0.15, -0.1) is 0 Å². The number of aromatic hydroxyl groups is 2. The van der Waals surface area contributed by atoms with Crippen molar-refractivity contribution in [1.82, 2.24) is 0 Å². The molecule has 8 aromatic rings. The van der Waals surface area contributed by atoms with Crippen molar-refractivity contribution >= 4 is 0 Å². The number of phenolic OH excluding ortho intramolecular Hbond substituents is 2. The van der Waals surface area contributed by atoms with Crippen LogP contribution in [0, 0.1) is 0 Å². The Kier molecular flexibility index (Phi) is 9.09. The van der Waals surface area contributed by atoms with Gasteiger partial charge in [-0.3, -0.25) is 0 Å². The Morgan fingerprint density at radius 1 is 0.309 bits per heavy atom. The van der Waals surface area contributed by atoms with Crippen molar-refractivity contribution in [2.24, 2.45) is 0 Å². The van der Waals surface area contributed by atoms with Gasteiger partial charge in [0, 0.05) is 12.8 Å². The van der Waals surface area contributed by atoms with Crippen LogP contribution in [-0.2, 0) is 31.1 Å². The van der Waals surface area contributed by atoms with E-state index in [2.05, 4.69) is 170 Å². The molecule has 0 bridgehead atoms. The Morgan fingerprint density at radius 3 is 1.02 bits per heavy atom. The first-order valence-electron chi connectivity index (χ1n) is 19.1. The fraction of sp³-hybridized carbons (Fsp3) is 0.0943. The van der Waals surface area contributed by atoms with Gasteiger partial charge in [0.25, 0.3) is 0 Å². The number of rotatable bonds is 10. The average Bonchev–Trinajstić information content (AvgIpc) is 3.50. The summed E-state index contributed by atoms with van der Waals surface area (Å²) in [5.74, 6) is 0.569. The number of fused-ring (bicyclic) bond motifs is 3. The molecule has 1 aliphatic carbocycles. The predicted molar refractivity (Wildman–Crippen MR) is 224 cm³/mol. The van der Waals surface area contributed by atoms with Crippen LogP contribution >= 0.6 is 0 Å². The van der Waals surface area contributed by atoms with Crippen molar-refractivity contribution in [2.45, 2.75) is 31.1 Å². The van der Waals surface area contributed by atoms with Crippen LogP contribution in [0.3, 0.4) is 0 Å². The minimum atomic E-state index is -0.748. The highest BCUT2D eigenvalue weighted by atomic mass is 16.3. The van der Waals surface area contributed by atoms with Crippen molar-refractivity contribution in [3.63, 3.8) is 0 Å². The lowest BCUT2D eigenvalue weighted by molar-refractivity contribution is 0.468. The SMILES string of the molecule is Oc1ccc(C2(c3ccc(O)c(Cc4ccccc4)c3)c3cc(Cc4ccccc4)ccc3-c3ccc(Cc4ccccc4)cc32)cc1Cc1ccccc1. The standard InChI is InChI=1S/C53H42O2/c54-51-27-23-45(35-43(51)31-39-17-9-3-10-18-39)53(46-24-28-52(55)44(36-46)32-40-19-11-4-12-20-40)49-33-41(29-37-13-5-1-6-14-37)21-25-47(49)48-26-22-42(34-50(48)53)30-38-15-7-2-8-16-38/h1-28,33-36,54-55H,29-32H2. The van der Waals surface area contributed by atoms with Gasteiger partial charge in [-0.1, -0.05) is 182 Å². The van der Waals surface area contributed by atoms with E-state index in [1.54, 1.807) is 0 Å². The molecule has 0 radical (unpaired) electrons. The summed E-state index contributed by atoms with van der Waals surface area (Å²) in [6.07, 6.45) is 2.83. The lowest BCUT2D eigenvalue weighted by atomic mass is 9.66. The minimum Gasteiger partial charge on any atom is -0.508 e. The number of phenols is 2. The van der Waals surface area contributed by atoms with Gasteiger partial charge in [-0.25, -0.2) is 0 Å². The van der Waals surface area contributed by atoms with Crippen molar-refractivity contribution in [2.75, 3.05) is 0 Å². The second-order valence-electron chi connectivity index (χ2n) is 14.8. The predicted octanol–water partition coefficient (Wildman–Crippen LogP) is 11.8. The lowest BCUT2D eigenvalue weighted by Crippen LogP contribution is -2.29. The highest BCUT2D eigenvalue weighted by molar-refractivity contribution is 5.87. The first kappa shape index (κ1) is 34.1. The largest absolute Gasteiger partial charge is 0.508 e. The second-order valence-corrected chi connectivity index (χ2v) is 14.8. The van der Waals surface area contributed by atoms with Gasteiger partial charge in [-0.05, 0) is 103 Å². The van der Waals surface area contributed by atoms with Crippen LogP contribution in [0.15, 0.2) is 194 Å². The van der Waals surface area contributed by atoms with Crippen LogP contribution in [0.2, 0.25) is 0 Å². The third-order valence-corrected chi connectivity index (χ3v) is 11.3. The molecule has 2 nitrogen and oxygen atoms in total. The van der Waals surface area contributed by atoms with Gasteiger partial charge in [0.2, 0.25) is 0 Å². The molecule has 2 N–H and O–H groups in total. The zero-order valence-corrected chi connectivity index (χ0v) is 30.7. The maximum absolute atomic E-state index is 11.4. The third-order valence-electron chi connectivity index (χ3n) is 11.3. The molecule has 0 unspecified atom stereocenters. The summed E-state index contributed by atoms with van der Waals surface area (Å²) < 4.78 is 0. The second kappa shape index (κ2) is 14.6. The third kappa shape index (κ3) is 6.62. The normalized spacial score (nSPS) is 12.6. The van der Waals surface area contributed by atoms with Crippen LogP contribution in [0.25, 0.3) is 11.1 Å². The van der Waals surface area contributed by atoms with E-state index >= 15 is 0 Å². The fourth-order valence-electron chi connectivity index (χ4n) is 8.64. The summed E-state index contributed by atoms with van der Waals surface area (Å²) in [7, 11) is 0. The van der Waals surface area contributed by atoms with Crippen LogP contribution in [0.5, 0.6) is 11.5 Å². The topological polar surface area (TPSA) is 40.5 Å². The first-order valence-corrected chi connectivity index (χ1v) is 19.1. The van der Waals surface area contributed by atoms with Crippen LogP contribution in [0.4, 0.5) is 0 Å². The Bertz CT molecular complexity index is 2410. The molecule has 2 heteroatoms. The quantitative estimate of drug-likeness (QED) is 0.148. The van der Waals surface area contributed by atoms with E-state index < -0.39 is 5.41 Å². The smallest absolute Gasteiger partial charge is 0.119 e. The summed E-state index contributed by atoms with van der Waals surface area (Å²) in [5.41, 5.74) is 15.3. The zero-order chi connectivity index (χ0) is 37.2. The molecule has 0 saturated heterocycles. The van der Waals surface area contributed by atoms with Crippen molar-refractivity contribution in [1.29, 1.82) is 0 Å². The molecule has 266 valence electrons. The van der Waals surface area contributed by atoms with Crippen LogP contribution in [0.1, 0.15) is 66.8 Å². The number of benzene rings is 8.